The van der Waals surface area contributed by atoms with Crippen LogP contribution in [0, 0.1) is 23.7 Å². The molecule has 4 atom stereocenters. The van der Waals surface area contributed by atoms with Crippen molar-refractivity contribution < 1.29 is 117 Å². The van der Waals surface area contributed by atoms with Gasteiger partial charge in [0.15, 0.2) is 0 Å². The molecule has 8 aromatic carbocycles. The quantitative estimate of drug-likeness (QED) is 0.0653. The van der Waals surface area contributed by atoms with Gasteiger partial charge in [-0.1, -0.05) is 152 Å². The number of hydrogen-bond acceptors (Lipinski definition) is 12. The molecule has 0 bridgehead atoms. The van der Waals surface area contributed by atoms with Gasteiger partial charge >= 0.3 is 23.9 Å². The van der Waals surface area contributed by atoms with Gasteiger partial charge < -0.3 is 20.4 Å². The zero-order valence-electron chi connectivity index (χ0n) is 49.6. The standard InChI is InChI=1S/4C17H15NO4.2Rh/c4*1-9(2)14(17(21)22)18-15(19)12-7-10-5-3-4-6-11(10)8-13(12)16(18)20;;/h4*3-9,14H,1-2H3,(H,21,22);;/t4*14-;;/m0000../s1. The molecule has 0 aliphatic carbocycles. The van der Waals surface area contributed by atoms with Crippen LogP contribution in [0.5, 0.6) is 0 Å². The average molecular weight is 1400 g/mol. The Bertz CT molecular complexity index is 3580. The second-order valence-corrected chi connectivity index (χ2v) is 23.0. The Morgan fingerprint density at radius 2 is 0.367 bits per heavy atom. The van der Waals surface area contributed by atoms with Gasteiger partial charge in [-0.3, -0.25) is 58.0 Å². The first kappa shape index (κ1) is 68.0. The fourth-order valence-electron chi connectivity index (χ4n) is 11.6. The van der Waals surface area contributed by atoms with Crippen LogP contribution in [0.4, 0.5) is 0 Å². The normalized spacial score (nSPS) is 15.2. The number of rotatable bonds is 12. The molecule has 4 N–H and O–H groups in total. The van der Waals surface area contributed by atoms with Crippen molar-refractivity contribution in [1.82, 2.24) is 19.6 Å². The van der Waals surface area contributed by atoms with Crippen LogP contribution < -0.4 is 0 Å². The molecule has 0 unspecified atom stereocenters. The van der Waals surface area contributed by atoms with Gasteiger partial charge in [0, 0.05) is 39.0 Å². The predicted molar refractivity (Wildman–Crippen MR) is 323 cm³/mol. The number of amides is 8. The summed E-state index contributed by atoms with van der Waals surface area (Å²) in [5, 5.41) is 44.2. The minimum Gasteiger partial charge on any atom is -0.480 e. The van der Waals surface area contributed by atoms with E-state index in [1.807, 2.05) is 97.1 Å². The molecule has 0 aromatic heterocycles. The van der Waals surface area contributed by atoms with E-state index in [-0.39, 0.29) is 107 Å². The van der Waals surface area contributed by atoms with Crippen molar-refractivity contribution >= 4 is 114 Å². The molecule has 4 aliphatic heterocycles. The molecule has 12 rings (SSSR count). The summed E-state index contributed by atoms with van der Waals surface area (Å²) in [5.74, 6) is -10.4. The molecule has 466 valence electrons. The van der Waals surface area contributed by atoms with Gasteiger partial charge in [0.25, 0.3) is 47.3 Å². The van der Waals surface area contributed by atoms with Crippen molar-refractivity contribution in [2.75, 3.05) is 0 Å². The topological polar surface area (TPSA) is 299 Å². The van der Waals surface area contributed by atoms with E-state index < -0.39 is 95.3 Å². The van der Waals surface area contributed by atoms with Crippen LogP contribution in [0.1, 0.15) is 138 Å². The van der Waals surface area contributed by atoms with Crippen molar-refractivity contribution in [1.29, 1.82) is 0 Å². The van der Waals surface area contributed by atoms with Crippen LogP contribution in [0.2, 0.25) is 0 Å². The summed E-state index contributed by atoms with van der Waals surface area (Å²) in [6.07, 6.45) is 0. The number of fused-ring (bicyclic) bond motifs is 8. The van der Waals surface area contributed by atoms with Crippen molar-refractivity contribution in [3.63, 3.8) is 0 Å². The molecule has 4 heterocycles. The summed E-state index contributed by atoms with van der Waals surface area (Å²) >= 11 is 0. The van der Waals surface area contributed by atoms with Crippen molar-refractivity contribution in [3.05, 3.63) is 190 Å². The van der Waals surface area contributed by atoms with Crippen LogP contribution in [-0.4, -0.2) is 135 Å². The van der Waals surface area contributed by atoms with Gasteiger partial charge in [-0.25, -0.2) is 19.2 Å². The Labute approximate surface area is 540 Å². The minimum atomic E-state index is -1.17. The Morgan fingerprint density at radius 1 is 0.256 bits per heavy atom. The van der Waals surface area contributed by atoms with E-state index in [0.717, 1.165) is 62.7 Å². The van der Waals surface area contributed by atoms with Crippen LogP contribution in [0.25, 0.3) is 43.1 Å². The largest absolute Gasteiger partial charge is 0.480 e. The maximum atomic E-state index is 12.5. The third kappa shape index (κ3) is 12.5. The van der Waals surface area contributed by atoms with Gasteiger partial charge in [-0.05, 0) is 115 Å². The molecule has 2 radical (unpaired) electrons. The molecule has 22 heteroatoms. The van der Waals surface area contributed by atoms with Gasteiger partial charge in [0.1, 0.15) is 24.2 Å². The maximum absolute atomic E-state index is 12.5. The number of carbonyl (C=O) groups is 12. The number of imide groups is 4. The Hall–Kier alpha value is -9.51. The molecule has 8 amide bonds. The van der Waals surface area contributed by atoms with Crippen molar-refractivity contribution in [2.45, 2.75) is 79.6 Å². The zero-order chi connectivity index (χ0) is 64.1. The minimum absolute atomic E-state index is 0. The SMILES string of the molecule is CC(C)[C@@H](C(=O)O)N1C(=O)c2cc3ccccc3cc2C1=O.CC(C)[C@@H](C(=O)O)N1C(=O)c2cc3ccccc3cc2C1=O.CC(C)[C@@H](C(=O)O)N1C(=O)c2cc3ccccc3cc2C1=O.CC(C)[C@@H](C(=O)O)N1C(=O)c2cc3ccccc3cc2C1=O.[Rh].[Rh]. The average Bonchev–Trinajstić information content (AvgIpc) is 1.74. The van der Waals surface area contributed by atoms with Crippen LogP contribution in [0.3, 0.4) is 0 Å². The second kappa shape index (κ2) is 27.1. The molecule has 20 nitrogen and oxygen atoms in total. The molecule has 0 spiro atoms. The smallest absolute Gasteiger partial charge is 0.327 e. The molecule has 90 heavy (non-hydrogen) atoms. The third-order valence-corrected chi connectivity index (χ3v) is 15.8. The monoisotopic (exact) mass is 1390 g/mol. The van der Waals surface area contributed by atoms with E-state index in [9.17, 15) is 78.0 Å². The number of carboxylic acids is 4. The summed E-state index contributed by atoms with van der Waals surface area (Å²) in [6, 6.07) is 38.3. The van der Waals surface area contributed by atoms with Gasteiger partial charge in [0.05, 0.1) is 44.5 Å². The van der Waals surface area contributed by atoms with E-state index >= 15 is 0 Å². The third-order valence-electron chi connectivity index (χ3n) is 15.8. The predicted octanol–water partition coefficient (Wildman–Crippen LogP) is 10.2. The molecule has 0 fully saturated rings. The summed E-state index contributed by atoms with van der Waals surface area (Å²) < 4.78 is 0. The number of carboxylic acid groups (broad SMARTS) is 4. The van der Waals surface area contributed by atoms with Gasteiger partial charge in [-0.15, -0.1) is 0 Å². The Balaban J connectivity index is 0.000000169. The van der Waals surface area contributed by atoms with Crippen molar-refractivity contribution in [2.24, 2.45) is 23.7 Å². The molecule has 0 saturated heterocycles. The van der Waals surface area contributed by atoms with E-state index in [2.05, 4.69) is 0 Å². The van der Waals surface area contributed by atoms with Crippen molar-refractivity contribution in [3.8, 4) is 0 Å². The number of carbonyl (C=O) groups excluding carboxylic acids is 8. The number of hydrogen-bond donors (Lipinski definition) is 4. The molecular formula is C68H60N4O16Rh2. The first-order valence-electron chi connectivity index (χ1n) is 28.2. The van der Waals surface area contributed by atoms with E-state index in [4.69, 9.17) is 0 Å². The van der Waals surface area contributed by atoms with Gasteiger partial charge in [0.2, 0.25) is 0 Å². The zero-order valence-corrected chi connectivity index (χ0v) is 52.9. The van der Waals surface area contributed by atoms with Crippen LogP contribution >= 0.6 is 0 Å². The second-order valence-electron chi connectivity index (χ2n) is 23.0. The fraction of sp³-hybridized carbons (Fsp3) is 0.235. The molecular weight excluding hydrogens is 1330 g/mol. The Morgan fingerprint density at radius 3 is 0.456 bits per heavy atom. The number of benzene rings is 8. The van der Waals surface area contributed by atoms with Crippen LogP contribution in [-0.2, 0) is 58.1 Å². The molecule has 8 aromatic rings. The Kier molecular flexibility index (Phi) is 20.5. The maximum Gasteiger partial charge on any atom is 0.327 e. The van der Waals surface area contributed by atoms with Crippen LogP contribution in [0.15, 0.2) is 146 Å². The number of aliphatic carboxylic acids is 4. The molecule has 4 aliphatic rings. The first-order chi connectivity index (χ1) is 41.7. The summed E-state index contributed by atoms with van der Waals surface area (Å²) in [5.41, 5.74) is 2.19. The van der Waals surface area contributed by atoms with E-state index in [1.165, 1.54) is 0 Å². The van der Waals surface area contributed by atoms with E-state index in [1.54, 1.807) is 104 Å². The number of nitrogens with zero attached hydrogens (tertiary/aromatic N) is 4. The fourth-order valence-corrected chi connectivity index (χ4v) is 11.6. The van der Waals surface area contributed by atoms with Gasteiger partial charge in [-0.2, -0.15) is 0 Å². The summed E-state index contributed by atoms with van der Waals surface area (Å²) in [7, 11) is 0. The first-order valence-corrected chi connectivity index (χ1v) is 28.2. The molecule has 0 saturated carbocycles. The summed E-state index contributed by atoms with van der Waals surface area (Å²) in [4.78, 5) is 150. The van der Waals surface area contributed by atoms with E-state index in [0.29, 0.717) is 0 Å². The summed E-state index contributed by atoms with van der Waals surface area (Å²) in [6.45, 7) is 13.4.